The van der Waals surface area contributed by atoms with E-state index in [1.165, 1.54) is 26.5 Å². The van der Waals surface area contributed by atoms with E-state index in [1.807, 2.05) is 18.7 Å². The molecule has 7 heteroatoms. The van der Waals surface area contributed by atoms with Crippen LogP contribution in [0.1, 0.15) is 73.4 Å². The van der Waals surface area contributed by atoms with E-state index < -0.39 is 5.97 Å². The quantitative estimate of drug-likeness (QED) is 0.183. The lowest BCUT2D eigenvalue weighted by Gasteiger charge is -2.19. The average Bonchev–Trinajstić information content (AvgIpc) is 3.54. The first-order valence-electron chi connectivity index (χ1n) is 13.9. The maximum atomic E-state index is 11.7. The molecule has 0 amide bonds. The highest BCUT2D eigenvalue weighted by molar-refractivity contribution is 7.99. The Labute approximate surface area is 234 Å². The van der Waals surface area contributed by atoms with E-state index in [0.29, 0.717) is 13.0 Å². The van der Waals surface area contributed by atoms with Gasteiger partial charge in [-0.3, -0.25) is 4.79 Å². The van der Waals surface area contributed by atoms with Gasteiger partial charge in [0, 0.05) is 16.2 Å². The van der Waals surface area contributed by atoms with Crippen LogP contribution >= 0.6 is 23.1 Å². The number of nitrogens with zero attached hydrogens (tertiary/aromatic N) is 1. The molecule has 0 spiro atoms. The van der Waals surface area contributed by atoms with Crippen molar-refractivity contribution in [1.82, 2.24) is 4.98 Å². The van der Waals surface area contributed by atoms with Crippen molar-refractivity contribution in [2.24, 2.45) is 5.92 Å². The molecular weight excluding hydrogens is 514 g/mol. The molecule has 202 valence electrons. The summed E-state index contributed by atoms with van der Waals surface area (Å²) in [6.07, 6.45) is 7.75. The molecule has 3 aromatic rings. The first-order valence-corrected chi connectivity index (χ1v) is 15.7. The summed E-state index contributed by atoms with van der Waals surface area (Å²) in [6.45, 7) is 5.63. The standard InChI is InChI=1S/C31H37NO4S2/c1-3-7-21-18-22(30-32-29-28(38-30)8-5-15-36-29)10-14-27(21)35-16-6-17-37-23-11-13-25-20(19-23)9-12-26(25)24(4-2)31(33)34/h10-11,13-14,18-19,24,26H,3-9,12,15-17H2,1-2H3,(H,33,34)/t24?,26-/m0/s1. The number of hydrogen-bond donors (Lipinski definition) is 1. The number of fused-ring (bicyclic) bond motifs is 2. The molecule has 2 heterocycles. The van der Waals surface area contributed by atoms with Crippen LogP contribution in [0.25, 0.3) is 10.6 Å². The molecule has 38 heavy (non-hydrogen) atoms. The zero-order valence-electron chi connectivity index (χ0n) is 22.3. The summed E-state index contributed by atoms with van der Waals surface area (Å²) in [5, 5.41) is 10.6. The summed E-state index contributed by atoms with van der Waals surface area (Å²) < 4.78 is 12.0. The van der Waals surface area contributed by atoms with Crippen molar-refractivity contribution in [3.63, 3.8) is 0 Å². The van der Waals surface area contributed by atoms with Crippen molar-refractivity contribution in [3.8, 4) is 22.2 Å². The molecule has 0 bridgehead atoms. The monoisotopic (exact) mass is 551 g/mol. The Balaban J connectivity index is 1.14. The molecule has 2 aromatic carbocycles. The van der Waals surface area contributed by atoms with Crippen LogP contribution in [0.5, 0.6) is 11.6 Å². The molecule has 2 aliphatic rings. The van der Waals surface area contributed by atoms with Gasteiger partial charge in [0.2, 0.25) is 5.88 Å². The van der Waals surface area contributed by atoms with Crippen LogP contribution in [0.15, 0.2) is 41.3 Å². The number of carboxylic acids is 1. The normalized spacial score (nSPS) is 16.9. The van der Waals surface area contributed by atoms with Gasteiger partial charge < -0.3 is 14.6 Å². The molecule has 2 atom stereocenters. The molecule has 1 aliphatic heterocycles. The fourth-order valence-corrected chi connectivity index (χ4v) is 7.58. The highest BCUT2D eigenvalue weighted by Crippen LogP contribution is 2.41. The number of carbonyl (C=O) groups is 1. The van der Waals surface area contributed by atoms with Gasteiger partial charge in [0.15, 0.2) is 0 Å². The summed E-state index contributed by atoms with van der Waals surface area (Å²) in [5.41, 5.74) is 4.95. The van der Waals surface area contributed by atoms with Crippen molar-refractivity contribution in [3.05, 3.63) is 58.0 Å². The van der Waals surface area contributed by atoms with Crippen LogP contribution < -0.4 is 9.47 Å². The smallest absolute Gasteiger partial charge is 0.307 e. The molecule has 1 unspecified atom stereocenters. The predicted octanol–water partition coefficient (Wildman–Crippen LogP) is 7.79. The molecule has 1 aromatic heterocycles. The van der Waals surface area contributed by atoms with Crippen LogP contribution in [0.2, 0.25) is 0 Å². The van der Waals surface area contributed by atoms with E-state index in [-0.39, 0.29) is 11.8 Å². The van der Waals surface area contributed by atoms with E-state index in [1.54, 1.807) is 11.3 Å². The molecule has 0 saturated heterocycles. The van der Waals surface area contributed by atoms with Crippen LogP contribution in [0, 0.1) is 5.92 Å². The van der Waals surface area contributed by atoms with Crippen molar-refractivity contribution >= 4 is 29.1 Å². The van der Waals surface area contributed by atoms with E-state index >= 15 is 0 Å². The fourth-order valence-electron chi connectivity index (χ4n) is 5.65. The molecule has 0 radical (unpaired) electrons. The Morgan fingerprint density at radius 1 is 1.24 bits per heavy atom. The Bertz CT molecular complexity index is 1250. The SMILES string of the molecule is CCCc1cc(-c2nc3c(s2)CCCO3)ccc1OCCCSc1ccc2c(c1)CC[C@H]2C(CC)C(=O)O. The largest absolute Gasteiger partial charge is 0.493 e. The number of thiazole rings is 1. The van der Waals surface area contributed by atoms with Gasteiger partial charge in [0.1, 0.15) is 10.8 Å². The molecule has 5 rings (SSSR count). The molecule has 0 saturated carbocycles. The third-order valence-corrected chi connectivity index (χ3v) is 9.80. The lowest BCUT2D eigenvalue weighted by atomic mass is 9.85. The maximum Gasteiger partial charge on any atom is 0.307 e. The van der Waals surface area contributed by atoms with E-state index in [2.05, 4.69) is 43.3 Å². The number of carboxylic acid groups (broad SMARTS) is 1. The van der Waals surface area contributed by atoms with Gasteiger partial charge in [0.25, 0.3) is 0 Å². The van der Waals surface area contributed by atoms with Crippen molar-refractivity contribution in [1.29, 1.82) is 0 Å². The van der Waals surface area contributed by atoms with Crippen LogP contribution in [0.3, 0.4) is 0 Å². The number of aromatic nitrogens is 1. The summed E-state index contributed by atoms with van der Waals surface area (Å²) >= 11 is 3.60. The van der Waals surface area contributed by atoms with Gasteiger partial charge in [-0.1, -0.05) is 26.3 Å². The zero-order chi connectivity index (χ0) is 26.5. The van der Waals surface area contributed by atoms with Crippen LogP contribution in [-0.2, 0) is 24.1 Å². The maximum absolute atomic E-state index is 11.7. The van der Waals surface area contributed by atoms with Crippen LogP contribution in [-0.4, -0.2) is 35.0 Å². The Morgan fingerprint density at radius 3 is 2.92 bits per heavy atom. The Kier molecular flexibility index (Phi) is 8.95. The number of aliphatic carboxylic acids is 1. The van der Waals surface area contributed by atoms with Crippen LogP contribution in [0.4, 0.5) is 0 Å². The van der Waals surface area contributed by atoms with Crippen molar-refractivity contribution in [2.75, 3.05) is 19.0 Å². The minimum atomic E-state index is -0.669. The third kappa shape index (κ3) is 6.04. The minimum Gasteiger partial charge on any atom is -0.493 e. The second-order valence-electron chi connectivity index (χ2n) is 10.2. The summed E-state index contributed by atoms with van der Waals surface area (Å²) in [4.78, 5) is 18.9. The number of thioether (sulfide) groups is 1. The summed E-state index contributed by atoms with van der Waals surface area (Å²) in [6, 6.07) is 13.1. The second kappa shape index (κ2) is 12.6. The average molecular weight is 552 g/mol. The highest BCUT2D eigenvalue weighted by atomic mass is 32.2. The van der Waals surface area contributed by atoms with Crippen molar-refractivity contribution < 1.29 is 19.4 Å². The number of rotatable bonds is 12. The summed E-state index contributed by atoms with van der Waals surface area (Å²) in [7, 11) is 0. The van der Waals surface area contributed by atoms with Gasteiger partial charge in [0.05, 0.1) is 24.0 Å². The van der Waals surface area contributed by atoms with E-state index in [9.17, 15) is 9.90 Å². The zero-order valence-corrected chi connectivity index (χ0v) is 24.0. The Hall–Kier alpha value is -2.51. The number of ether oxygens (including phenoxy) is 2. The third-order valence-electron chi connectivity index (χ3n) is 7.57. The van der Waals surface area contributed by atoms with Gasteiger partial charge in [-0.25, -0.2) is 4.98 Å². The van der Waals surface area contributed by atoms with E-state index in [0.717, 1.165) is 79.5 Å². The summed E-state index contributed by atoms with van der Waals surface area (Å²) in [5.74, 6) is 1.99. The molecular formula is C31H37NO4S2. The number of aryl methyl sites for hydroxylation is 3. The lowest BCUT2D eigenvalue weighted by Crippen LogP contribution is -2.19. The molecule has 0 fully saturated rings. The molecule has 1 N–H and O–H groups in total. The topological polar surface area (TPSA) is 68.7 Å². The minimum absolute atomic E-state index is 0.151. The van der Waals surface area contributed by atoms with Gasteiger partial charge in [-0.05, 0) is 97.9 Å². The lowest BCUT2D eigenvalue weighted by molar-refractivity contribution is -0.142. The van der Waals surface area contributed by atoms with E-state index in [4.69, 9.17) is 14.5 Å². The Morgan fingerprint density at radius 2 is 2.13 bits per heavy atom. The number of benzene rings is 2. The second-order valence-corrected chi connectivity index (χ2v) is 12.4. The fraction of sp³-hybridized carbons (Fsp3) is 0.484. The molecule has 1 aliphatic carbocycles. The van der Waals surface area contributed by atoms with Gasteiger partial charge >= 0.3 is 5.97 Å². The molecule has 5 nitrogen and oxygen atoms in total. The first kappa shape index (κ1) is 27.1. The van der Waals surface area contributed by atoms with Gasteiger partial charge in [-0.2, -0.15) is 0 Å². The number of hydrogen-bond acceptors (Lipinski definition) is 6. The first-order chi connectivity index (χ1) is 18.6. The van der Waals surface area contributed by atoms with Crippen molar-refractivity contribution in [2.45, 2.75) is 76.0 Å². The highest BCUT2D eigenvalue weighted by Gasteiger charge is 2.33. The van der Waals surface area contributed by atoms with Gasteiger partial charge in [-0.15, -0.1) is 23.1 Å². The predicted molar refractivity (Wildman–Crippen MR) is 155 cm³/mol.